The van der Waals surface area contributed by atoms with Crippen molar-refractivity contribution in [2.24, 2.45) is 0 Å². The Labute approximate surface area is 200 Å². The number of esters is 1. The van der Waals surface area contributed by atoms with Crippen molar-refractivity contribution in [3.63, 3.8) is 0 Å². The number of rotatable bonds is 22. The molecular formula is C27H52O4Si. The van der Waals surface area contributed by atoms with Crippen LogP contribution in [0.4, 0.5) is 0 Å². The number of carbonyl (C=O) groups is 2. The summed E-state index contributed by atoms with van der Waals surface area (Å²) >= 11 is 0. The van der Waals surface area contributed by atoms with Gasteiger partial charge in [-0.15, -0.1) is 0 Å². The molecule has 0 atom stereocenters. The van der Waals surface area contributed by atoms with Gasteiger partial charge in [-0.25, -0.2) is 4.79 Å². The monoisotopic (exact) mass is 468 g/mol. The minimum Gasteiger partial charge on any atom is -0.519 e. The highest BCUT2D eigenvalue weighted by molar-refractivity contribution is 6.75. The Balaban J connectivity index is 4.84. The molecule has 0 fully saturated rings. The van der Waals surface area contributed by atoms with Gasteiger partial charge in [-0.1, -0.05) is 104 Å². The fourth-order valence-electron chi connectivity index (χ4n) is 4.10. The molecule has 32 heavy (non-hydrogen) atoms. The Bertz CT molecular complexity index is 473. The zero-order valence-corrected chi connectivity index (χ0v) is 22.8. The molecule has 0 amide bonds. The minimum atomic E-state index is -2.06. The Morgan fingerprint density at radius 1 is 0.688 bits per heavy atom. The average Bonchev–Trinajstić information content (AvgIpc) is 2.77. The Morgan fingerprint density at radius 2 is 1.16 bits per heavy atom. The van der Waals surface area contributed by atoms with Crippen LogP contribution in [0.25, 0.3) is 0 Å². The molecule has 0 aliphatic carbocycles. The van der Waals surface area contributed by atoms with Crippen LogP contribution in [0.3, 0.4) is 0 Å². The second-order valence-corrected chi connectivity index (χ2v) is 13.5. The standard InChI is InChI=1S/C27H52O4Si/c1-6-9-12-17-22-32(23-18-13-10-7-2,24-19-14-11-8-3)31-26(28)20-15-16-21-30-27(29)25(4)5/h4,6-24H2,1-3,5H3. The van der Waals surface area contributed by atoms with Crippen LogP contribution in [-0.2, 0) is 18.8 Å². The molecule has 5 heteroatoms. The summed E-state index contributed by atoms with van der Waals surface area (Å²) in [6.45, 7) is 12.3. The summed E-state index contributed by atoms with van der Waals surface area (Å²) < 4.78 is 11.6. The SMILES string of the molecule is C=C(C)C(=O)OCCCCC(=O)O[Si](CCCCCC)(CCCCCC)CCCCCC. The summed E-state index contributed by atoms with van der Waals surface area (Å²) in [5, 5.41) is 0. The fraction of sp³-hybridized carbons (Fsp3) is 0.852. The van der Waals surface area contributed by atoms with E-state index in [1.807, 2.05) is 0 Å². The van der Waals surface area contributed by atoms with Gasteiger partial charge in [0.2, 0.25) is 0 Å². The van der Waals surface area contributed by atoms with Gasteiger partial charge in [0, 0.05) is 12.0 Å². The van der Waals surface area contributed by atoms with Crippen LogP contribution in [0, 0.1) is 0 Å². The summed E-state index contributed by atoms with van der Waals surface area (Å²) in [5.74, 6) is -0.380. The smallest absolute Gasteiger partial charge is 0.333 e. The zero-order valence-electron chi connectivity index (χ0n) is 21.8. The van der Waals surface area contributed by atoms with Gasteiger partial charge in [0.05, 0.1) is 6.61 Å². The maximum atomic E-state index is 12.8. The topological polar surface area (TPSA) is 52.6 Å². The quantitative estimate of drug-likeness (QED) is 0.0691. The summed E-state index contributed by atoms with van der Waals surface area (Å²) in [7, 11) is -2.06. The van der Waals surface area contributed by atoms with E-state index in [0.29, 0.717) is 31.4 Å². The predicted octanol–water partition coefficient (Wildman–Crippen LogP) is 8.51. The number of ether oxygens (including phenoxy) is 1. The minimum absolute atomic E-state index is 0.0237. The van der Waals surface area contributed by atoms with Crippen molar-refractivity contribution in [2.75, 3.05) is 6.61 Å². The number of hydrogen-bond donors (Lipinski definition) is 0. The van der Waals surface area contributed by atoms with Gasteiger partial charge in [-0.3, -0.25) is 4.79 Å². The lowest BCUT2D eigenvalue weighted by molar-refractivity contribution is -0.139. The largest absolute Gasteiger partial charge is 0.519 e. The van der Waals surface area contributed by atoms with Gasteiger partial charge >= 0.3 is 5.97 Å². The van der Waals surface area contributed by atoms with Crippen molar-refractivity contribution in [1.29, 1.82) is 0 Å². The second-order valence-electron chi connectivity index (χ2n) is 9.46. The van der Waals surface area contributed by atoms with E-state index in [0.717, 1.165) is 18.1 Å². The first kappa shape index (κ1) is 30.9. The molecule has 0 rings (SSSR count). The summed E-state index contributed by atoms with van der Waals surface area (Å²) in [6, 6.07) is 3.40. The molecule has 0 aromatic heterocycles. The average molecular weight is 469 g/mol. The molecule has 0 spiro atoms. The molecule has 0 aliphatic heterocycles. The van der Waals surface area contributed by atoms with Crippen molar-refractivity contribution in [3.05, 3.63) is 12.2 Å². The molecule has 188 valence electrons. The van der Waals surface area contributed by atoms with E-state index in [2.05, 4.69) is 27.4 Å². The maximum Gasteiger partial charge on any atom is 0.333 e. The van der Waals surface area contributed by atoms with E-state index in [1.54, 1.807) is 6.92 Å². The molecule has 0 aliphatic rings. The molecular weight excluding hydrogens is 416 g/mol. The molecule has 0 saturated heterocycles. The van der Waals surface area contributed by atoms with Gasteiger partial charge < -0.3 is 9.16 Å². The highest BCUT2D eigenvalue weighted by Crippen LogP contribution is 2.31. The highest BCUT2D eigenvalue weighted by Gasteiger charge is 2.36. The molecule has 0 radical (unpaired) electrons. The second kappa shape index (κ2) is 20.5. The first-order valence-corrected chi connectivity index (χ1v) is 16.0. The van der Waals surface area contributed by atoms with Crippen molar-refractivity contribution < 1.29 is 18.8 Å². The van der Waals surface area contributed by atoms with E-state index >= 15 is 0 Å². The fourth-order valence-corrected chi connectivity index (χ4v) is 8.43. The van der Waals surface area contributed by atoms with Crippen LogP contribution in [-0.4, -0.2) is 26.9 Å². The van der Waals surface area contributed by atoms with E-state index in [-0.39, 0.29) is 11.9 Å². The molecule has 0 saturated carbocycles. The van der Waals surface area contributed by atoms with Gasteiger partial charge in [0.15, 0.2) is 0 Å². The van der Waals surface area contributed by atoms with E-state index < -0.39 is 8.32 Å². The van der Waals surface area contributed by atoms with Crippen LogP contribution in [0.2, 0.25) is 18.1 Å². The summed E-state index contributed by atoms with van der Waals surface area (Å²) in [4.78, 5) is 24.3. The van der Waals surface area contributed by atoms with Crippen molar-refractivity contribution >= 4 is 20.3 Å². The van der Waals surface area contributed by atoms with E-state index in [4.69, 9.17) is 9.16 Å². The van der Waals surface area contributed by atoms with Crippen LogP contribution in [0.15, 0.2) is 12.2 Å². The molecule has 0 bridgehead atoms. The van der Waals surface area contributed by atoms with E-state index in [9.17, 15) is 9.59 Å². The lowest BCUT2D eigenvalue weighted by Crippen LogP contribution is -2.40. The molecule has 0 unspecified atom stereocenters. The Hall–Kier alpha value is -1.10. The first-order valence-electron chi connectivity index (χ1n) is 13.4. The Kier molecular flexibility index (Phi) is 19.8. The Morgan fingerprint density at radius 3 is 1.56 bits per heavy atom. The molecule has 0 aromatic carbocycles. The molecule has 0 aromatic rings. The molecule has 0 N–H and O–H groups in total. The first-order chi connectivity index (χ1) is 15.4. The van der Waals surface area contributed by atoms with Gasteiger partial charge in [0.25, 0.3) is 14.3 Å². The van der Waals surface area contributed by atoms with Crippen molar-refractivity contribution in [3.8, 4) is 0 Å². The van der Waals surface area contributed by atoms with Crippen LogP contribution in [0.5, 0.6) is 0 Å². The van der Waals surface area contributed by atoms with Crippen LogP contribution in [0.1, 0.15) is 124 Å². The summed E-state index contributed by atoms with van der Waals surface area (Å²) in [5.41, 5.74) is 0.411. The van der Waals surface area contributed by atoms with Crippen molar-refractivity contribution in [2.45, 2.75) is 142 Å². The van der Waals surface area contributed by atoms with Crippen LogP contribution < -0.4 is 0 Å². The third kappa shape index (κ3) is 16.5. The van der Waals surface area contributed by atoms with Crippen molar-refractivity contribution in [1.82, 2.24) is 0 Å². The molecule has 4 nitrogen and oxygen atoms in total. The number of hydrogen-bond acceptors (Lipinski definition) is 4. The number of carbonyl (C=O) groups excluding carboxylic acids is 2. The lowest BCUT2D eigenvalue weighted by atomic mass is 10.2. The zero-order chi connectivity index (χ0) is 24.1. The maximum absolute atomic E-state index is 12.8. The van der Waals surface area contributed by atoms with Gasteiger partial charge in [0.1, 0.15) is 0 Å². The van der Waals surface area contributed by atoms with Gasteiger partial charge in [-0.05, 0) is 37.9 Å². The third-order valence-electron chi connectivity index (χ3n) is 6.15. The lowest BCUT2D eigenvalue weighted by Gasteiger charge is -2.32. The van der Waals surface area contributed by atoms with E-state index in [1.165, 1.54) is 77.0 Å². The molecule has 0 heterocycles. The highest BCUT2D eigenvalue weighted by atomic mass is 28.4. The summed E-state index contributed by atoms with van der Waals surface area (Å²) in [6.07, 6.45) is 16.7. The normalized spacial score (nSPS) is 11.4. The number of unbranched alkanes of at least 4 members (excludes halogenated alkanes) is 10. The van der Waals surface area contributed by atoms with Crippen LogP contribution >= 0.6 is 0 Å². The predicted molar refractivity (Wildman–Crippen MR) is 138 cm³/mol. The van der Waals surface area contributed by atoms with Gasteiger partial charge in [-0.2, -0.15) is 0 Å². The third-order valence-corrected chi connectivity index (χ3v) is 10.6.